The lowest BCUT2D eigenvalue weighted by Gasteiger charge is -2.28. The second kappa shape index (κ2) is 8.24. The zero-order chi connectivity index (χ0) is 21.9. The minimum absolute atomic E-state index is 0.350. The molecule has 0 radical (unpaired) electrons. The fraction of sp³-hybridized carbons (Fsp3) is 0.444. The van der Waals surface area contributed by atoms with E-state index in [0.29, 0.717) is 11.0 Å². The Morgan fingerprint density at radius 1 is 1.07 bits per heavy atom. The Hall–Kier alpha value is -3.17. The summed E-state index contributed by atoms with van der Waals surface area (Å²) >= 11 is 0. The van der Waals surface area contributed by atoms with E-state index in [4.69, 9.17) is 20.0 Å². The van der Waals surface area contributed by atoms with Crippen molar-refractivity contribution in [3.05, 3.63) is 29.6 Å². The zero-order valence-corrected chi connectivity index (χ0v) is 16.5. The van der Waals surface area contributed by atoms with Crippen LogP contribution in [0.25, 0.3) is 0 Å². The summed E-state index contributed by atoms with van der Waals surface area (Å²) in [7, 11) is 0. The lowest BCUT2D eigenvalue weighted by atomic mass is 10.2. The van der Waals surface area contributed by atoms with Crippen molar-refractivity contribution in [3.63, 3.8) is 0 Å². The predicted octanol–water partition coefficient (Wildman–Crippen LogP) is 3.72. The summed E-state index contributed by atoms with van der Waals surface area (Å²) in [4.78, 5) is 35.9. The number of amides is 2. The van der Waals surface area contributed by atoms with Crippen LogP contribution < -0.4 is 10.2 Å². The SMILES string of the molecule is CC(C)(C)OC(=O)NC(=N)N(C(=O)OC(C)(C)C)c1ccc(C(=O)O)cc1F. The highest BCUT2D eigenvalue weighted by Crippen LogP contribution is 2.23. The number of rotatable bonds is 2. The van der Waals surface area contributed by atoms with Crippen molar-refractivity contribution in [2.45, 2.75) is 52.7 Å². The average molecular weight is 397 g/mol. The highest BCUT2D eigenvalue weighted by Gasteiger charge is 2.31. The van der Waals surface area contributed by atoms with Gasteiger partial charge in [0.15, 0.2) is 0 Å². The van der Waals surface area contributed by atoms with Crippen LogP contribution in [0.5, 0.6) is 0 Å². The number of guanidine groups is 1. The number of aromatic carboxylic acids is 1. The normalized spacial score (nSPS) is 11.4. The van der Waals surface area contributed by atoms with Crippen LogP contribution in [0.1, 0.15) is 51.9 Å². The molecule has 0 bridgehead atoms. The van der Waals surface area contributed by atoms with Crippen LogP contribution in [0.3, 0.4) is 0 Å². The Morgan fingerprint density at radius 2 is 1.61 bits per heavy atom. The quantitative estimate of drug-likeness (QED) is 0.515. The predicted molar refractivity (Wildman–Crippen MR) is 99.2 cm³/mol. The highest BCUT2D eigenvalue weighted by molar-refractivity contribution is 6.16. The lowest BCUT2D eigenvalue weighted by molar-refractivity contribution is 0.0557. The average Bonchev–Trinajstić information content (AvgIpc) is 2.44. The number of anilines is 1. The molecule has 0 heterocycles. The van der Waals surface area contributed by atoms with Crippen molar-refractivity contribution in [2.24, 2.45) is 0 Å². The molecule has 0 spiro atoms. The first-order chi connectivity index (χ1) is 12.6. The lowest BCUT2D eigenvalue weighted by Crippen LogP contribution is -2.50. The molecule has 0 aromatic heterocycles. The van der Waals surface area contributed by atoms with E-state index in [1.807, 2.05) is 5.32 Å². The van der Waals surface area contributed by atoms with Crippen LogP contribution in [-0.4, -0.2) is 40.4 Å². The van der Waals surface area contributed by atoms with Gasteiger partial charge in [-0.15, -0.1) is 0 Å². The number of carbonyl (C=O) groups is 3. The maximum Gasteiger partial charge on any atom is 0.421 e. The van der Waals surface area contributed by atoms with E-state index in [9.17, 15) is 18.8 Å². The van der Waals surface area contributed by atoms with Crippen molar-refractivity contribution in [1.82, 2.24) is 5.32 Å². The van der Waals surface area contributed by atoms with Crippen molar-refractivity contribution in [1.29, 1.82) is 5.41 Å². The molecule has 154 valence electrons. The van der Waals surface area contributed by atoms with Gasteiger partial charge < -0.3 is 14.6 Å². The van der Waals surface area contributed by atoms with Crippen molar-refractivity contribution < 1.29 is 33.4 Å². The van der Waals surface area contributed by atoms with Crippen LogP contribution in [0.4, 0.5) is 19.7 Å². The number of benzene rings is 1. The second-order valence-electron chi connectivity index (χ2n) is 7.76. The minimum Gasteiger partial charge on any atom is -0.478 e. The number of hydrogen-bond acceptors (Lipinski definition) is 6. The fourth-order valence-electron chi connectivity index (χ4n) is 1.90. The number of carbonyl (C=O) groups excluding carboxylic acids is 2. The Morgan fingerprint density at radius 3 is 2.04 bits per heavy atom. The molecule has 3 N–H and O–H groups in total. The van der Waals surface area contributed by atoms with Gasteiger partial charge in [0, 0.05) is 0 Å². The van der Waals surface area contributed by atoms with Gasteiger partial charge in [0.25, 0.3) is 0 Å². The minimum atomic E-state index is -1.36. The maximum atomic E-state index is 14.5. The number of alkyl carbamates (subject to hydrolysis) is 1. The van der Waals surface area contributed by atoms with Crippen LogP contribution in [0.15, 0.2) is 18.2 Å². The molecule has 0 saturated heterocycles. The molecule has 28 heavy (non-hydrogen) atoms. The molecule has 0 aliphatic heterocycles. The zero-order valence-electron chi connectivity index (χ0n) is 16.5. The third-order valence-corrected chi connectivity index (χ3v) is 2.85. The van der Waals surface area contributed by atoms with E-state index >= 15 is 0 Å². The molecule has 1 aromatic carbocycles. The number of carboxylic acid groups (broad SMARTS) is 1. The summed E-state index contributed by atoms with van der Waals surface area (Å²) < 4.78 is 24.6. The smallest absolute Gasteiger partial charge is 0.421 e. The number of nitrogens with zero attached hydrogens (tertiary/aromatic N) is 1. The summed E-state index contributed by atoms with van der Waals surface area (Å²) in [5.41, 5.74) is -2.66. The first kappa shape index (κ1) is 22.9. The van der Waals surface area contributed by atoms with E-state index in [1.54, 1.807) is 41.5 Å². The molecule has 0 atom stereocenters. The van der Waals surface area contributed by atoms with Crippen molar-refractivity contribution >= 4 is 29.8 Å². The summed E-state index contributed by atoms with van der Waals surface area (Å²) in [6, 6.07) is 2.74. The van der Waals surface area contributed by atoms with Gasteiger partial charge >= 0.3 is 18.2 Å². The fourth-order valence-corrected chi connectivity index (χ4v) is 1.90. The summed E-state index contributed by atoms with van der Waals surface area (Å²) in [6.45, 7) is 9.51. The van der Waals surface area contributed by atoms with E-state index in [-0.39, 0.29) is 5.56 Å². The van der Waals surface area contributed by atoms with Gasteiger partial charge in [0.05, 0.1) is 11.3 Å². The largest absolute Gasteiger partial charge is 0.478 e. The highest BCUT2D eigenvalue weighted by atomic mass is 19.1. The molecule has 2 amide bonds. The number of ether oxygens (including phenoxy) is 2. The third kappa shape index (κ3) is 6.86. The Kier molecular flexibility index (Phi) is 6.73. The molecule has 0 fully saturated rings. The number of hydrogen-bond donors (Lipinski definition) is 3. The maximum absolute atomic E-state index is 14.5. The van der Waals surface area contributed by atoms with Gasteiger partial charge in [0.2, 0.25) is 5.96 Å². The molecule has 0 saturated carbocycles. The first-order valence-electron chi connectivity index (χ1n) is 8.25. The molecular weight excluding hydrogens is 373 g/mol. The number of halogens is 1. The van der Waals surface area contributed by atoms with Gasteiger partial charge in [-0.3, -0.25) is 10.7 Å². The van der Waals surface area contributed by atoms with E-state index in [0.717, 1.165) is 12.1 Å². The topological polar surface area (TPSA) is 129 Å². The standard InChI is InChI=1S/C18H24FN3O6/c1-17(2,3)27-15(25)21-14(20)22(16(26)28-18(4,5)6)12-8-7-10(13(23)24)9-11(12)19/h7-9H,1-6H3,(H,23,24)(H2,20,21,25). The molecular formula is C18H24FN3O6. The van der Waals surface area contributed by atoms with Crippen LogP contribution in [0, 0.1) is 11.2 Å². The summed E-state index contributed by atoms with van der Waals surface area (Å²) in [6.07, 6.45) is -2.18. The monoisotopic (exact) mass is 397 g/mol. The van der Waals surface area contributed by atoms with Crippen LogP contribution in [-0.2, 0) is 9.47 Å². The van der Waals surface area contributed by atoms with Gasteiger partial charge in [-0.1, -0.05) is 0 Å². The van der Waals surface area contributed by atoms with Crippen LogP contribution in [0.2, 0.25) is 0 Å². The number of nitrogens with one attached hydrogen (secondary N) is 2. The molecule has 1 aromatic rings. The molecule has 0 aliphatic rings. The molecule has 0 aliphatic carbocycles. The van der Waals surface area contributed by atoms with Gasteiger partial charge in [-0.2, -0.15) is 0 Å². The first-order valence-corrected chi connectivity index (χ1v) is 8.25. The molecule has 10 heteroatoms. The summed E-state index contributed by atoms with van der Waals surface area (Å²) in [5.74, 6) is -3.29. The Bertz CT molecular complexity index is 795. The van der Waals surface area contributed by atoms with Gasteiger partial charge in [-0.25, -0.2) is 23.7 Å². The van der Waals surface area contributed by atoms with E-state index in [1.165, 1.54) is 0 Å². The second-order valence-corrected chi connectivity index (χ2v) is 7.76. The van der Waals surface area contributed by atoms with E-state index < -0.39 is 46.8 Å². The molecule has 0 unspecified atom stereocenters. The van der Waals surface area contributed by atoms with Crippen molar-refractivity contribution in [3.8, 4) is 0 Å². The molecule has 1 rings (SSSR count). The summed E-state index contributed by atoms with van der Waals surface area (Å²) in [5, 5.41) is 19.0. The third-order valence-electron chi connectivity index (χ3n) is 2.85. The van der Waals surface area contributed by atoms with Gasteiger partial charge in [0.1, 0.15) is 17.0 Å². The Balaban J connectivity index is 3.26. The Labute approximate surface area is 161 Å². The van der Waals surface area contributed by atoms with Crippen LogP contribution >= 0.6 is 0 Å². The molecule has 9 nitrogen and oxygen atoms in total. The van der Waals surface area contributed by atoms with E-state index in [2.05, 4.69) is 0 Å². The van der Waals surface area contributed by atoms with Gasteiger partial charge in [-0.05, 0) is 59.7 Å². The number of carboxylic acids is 1. The van der Waals surface area contributed by atoms with Crippen molar-refractivity contribution in [2.75, 3.05) is 4.90 Å².